The zero-order chi connectivity index (χ0) is 18.5. The van der Waals surface area contributed by atoms with E-state index in [1.54, 1.807) is 12.1 Å². The van der Waals surface area contributed by atoms with Gasteiger partial charge in [-0.2, -0.15) is 13.2 Å². The van der Waals surface area contributed by atoms with Crippen molar-refractivity contribution < 1.29 is 37.3 Å². The number of hydrogen-bond donors (Lipinski definition) is 2. The van der Waals surface area contributed by atoms with Crippen LogP contribution in [0.5, 0.6) is 17.2 Å². The van der Waals surface area contributed by atoms with Crippen LogP contribution in [0, 0.1) is 0 Å². The summed E-state index contributed by atoms with van der Waals surface area (Å²) in [4.78, 5) is 11.7. The predicted molar refractivity (Wildman–Crippen MR) is 79.2 cm³/mol. The molecule has 1 amide bonds. The molecule has 9 heteroatoms. The van der Waals surface area contributed by atoms with Gasteiger partial charge in [0.15, 0.2) is 17.1 Å². The number of ether oxygens (including phenoxy) is 3. The van der Waals surface area contributed by atoms with Crippen LogP contribution in [0.25, 0.3) is 0 Å². The second-order valence-corrected chi connectivity index (χ2v) is 5.26. The Labute approximate surface area is 137 Å². The third-order valence-corrected chi connectivity index (χ3v) is 3.33. The largest absolute Gasteiger partial charge is 0.493 e. The number of benzene rings is 1. The molecule has 0 radical (unpaired) electrons. The lowest BCUT2D eigenvalue weighted by molar-refractivity contribution is -0.253. The summed E-state index contributed by atoms with van der Waals surface area (Å²) in [6.07, 6.45) is -5.99. The monoisotopic (exact) mass is 351 g/mol. The second kappa shape index (κ2) is 7.61. The fourth-order valence-corrected chi connectivity index (χ4v) is 1.91. The highest BCUT2D eigenvalue weighted by Gasteiger charge is 2.50. The first-order valence-corrected chi connectivity index (χ1v) is 6.90. The van der Waals surface area contributed by atoms with Crippen molar-refractivity contribution in [3.05, 3.63) is 17.7 Å². The minimum absolute atomic E-state index is 0.0660. The summed E-state index contributed by atoms with van der Waals surface area (Å²) in [7, 11) is 4.27. The molecule has 0 aliphatic heterocycles. The van der Waals surface area contributed by atoms with Crippen LogP contribution in [0.2, 0.25) is 0 Å². The first kappa shape index (κ1) is 19.9. The van der Waals surface area contributed by atoms with E-state index in [9.17, 15) is 23.1 Å². The van der Waals surface area contributed by atoms with E-state index in [1.807, 2.05) is 0 Å². The van der Waals surface area contributed by atoms with Gasteiger partial charge in [0.1, 0.15) is 0 Å². The smallest absolute Gasteiger partial charge is 0.417 e. The van der Waals surface area contributed by atoms with Crippen molar-refractivity contribution >= 4 is 5.91 Å². The Hall–Kier alpha value is -2.16. The summed E-state index contributed by atoms with van der Waals surface area (Å²) < 4.78 is 53.1. The van der Waals surface area contributed by atoms with E-state index in [1.165, 1.54) is 21.3 Å². The lowest BCUT2D eigenvalue weighted by atomic mass is 10.0. The molecule has 24 heavy (non-hydrogen) atoms. The Morgan fingerprint density at radius 3 is 2.00 bits per heavy atom. The van der Waals surface area contributed by atoms with Gasteiger partial charge in [0, 0.05) is 6.54 Å². The topological polar surface area (TPSA) is 77.0 Å². The average Bonchev–Trinajstić information content (AvgIpc) is 2.50. The summed E-state index contributed by atoms with van der Waals surface area (Å²) in [5, 5.41) is 11.6. The highest BCUT2D eigenvalue weighted by molar-refractivity contribution is 5.77. The van der Waals surface area contributed by atoms with Crippen LogP contribution in [-0.2, 0) is 11.3 Å². The van der Waals surface area contributed by atoms with Crippen LogP contribution in [-0.4, -0.2) is 44.1 Å². The molecule has 0 fully saturated rings. The number of halogens is 3. The molecule has 1 aromatic rings. The summed E-state index contributed by atoms with van der Waals surface area (Å²) in [5.74, 6) is 0.118. The number of amides is 1. The number of hydrogen-bond acceptors (Lipinski definition) is 5. The van der Waals surface area contributed by atoms with Gasteiger partial charge >= 0.3 is 6.18 Å². The lowest BCUT2D eigenvalue weighted by Crippen LogP contribution is -2.46. The first-order chi connectivity index (χ1) is 11.1. The SMILES string of the molecule is COc1cc(CNC(=O)C[C@@](C)(O)C(F)(F)F)cc(OC)c1OC. The molecule has 0 saturated heterocycles. The van der Waals surface area contributed by atoms with Gasteiger partial charge in [-0.05, 0) is 24.6 Å². The Balaban J connectivity index is 2.83. The fourth-order valence-electron chi connectivity index (χ4n) is 1.91. The van der Waals surface area contributed by atoms with Gasteiger partial charge in [0.05, 0.1) is 27.8 Å². The Morgan fingerprint density at radius 2 is 1.62 bits per heavy atom. The number of methoxy groups -OCH3 is 3. The molecule has 0 unspecified atom stereocenters. The summed E-state index contributed by atoms with van der Waals surface area (Å²) in [6.45, 7) is 0.482. The van der Waals surface area contributed by atoms with Gasteiger partial charge in [-0.25, -0.2) is 0 Å². The van der Waals surface area contributed by atoms with Crippen LogP contribution in [0.4, 0.5) is 13.2 Å². The van der Waals surface area contributed by atoms with Crippen molar-refractivity contribution in [2.24, 2.45) is 0 Å². The van der Waals surface area contributed by atoms with Gasteiger partial charge in [0.2, 0.25) is 11.7 Å². The molecule has 136 valence electrons. The maximum atomic E-state index is 12.6. The van der Waals surface area contributed by atoms with E-state index < -0.39 is 24.1 Å². The van der Waals surface area contributed by atoms with E-state index in [0.29, 0.717) is 29.7 Å². The van der Waals surface area contributed by atoms with Gasteiger partial charge in [-0.15, -0.1) is 0 Å². The second-order valence-electron chi connectivity index (χ2n) is 5.26. The molecular formula is C15H20F3NO5. The number of alkyl halides is 3. The van der Waals surface area contributed by atoms with E-state index in [2.05, 4.69) is 5.32 Å². The summed E-state index contributed by atoms with van der Waals surface area (Å²) in [5.41, 5.74) is -2.56. The molecule has 0 aromatic heterocycles. The summed E-state index contributed by atoms with van der Waals surface area (Å²) in [6, 6.07) is 3.12. The molecule has 0 aliphatic carbocycles. The van der Waals surface area contributed by atoms with Crippen molar-refractivity contribution in [2.75, 3.05) is 21.3 Å². The fraction of sp³-hybridized carbons (Fsp3) is 0.533. The van der Waals surface area contributed by atoms with Crippen LogP contribution < -0.4 is 19.5 Å². The van der Waals surface area contributed by atoms with Crippen molar-refractivity contribution in [2.45, 2.75) is 31.7 Å². The standard InChI is InChI=1S/C15H20F3NO5/c1-14(21,15(16,17)18)7-12(20)19-8-9-5-10(22-2)13(24-4)11(6-9)23-3/h5-6,21H,7-8H2,1-4H3,(H,19,20)/t14-/m1/s1. The van der Waals surface area contributed by atoms with Crippen molar-refractivity contribution in [1.29, 1.82) is 0 Å². The van der Waals surface area contributed by atoms with Crippen LogP contribution in [0.1, 0.15) is 18.9 Å². The van der Waals surface area contributed by atoms with Crippen molar-refractivity contribution in [3.8, 4) is 17.2 Å². The number of rotatable bonds is 7. The molecule has 0 heterocycles. The van der Waals surface area contributed by atoms with Gasteiger partial charge in [-0.1, -0.05) is 0 Å². The molecule has 0 saturated carbocycles. The van der Waals surface area contributed by atoms with Crippen LogP contribution >= 0.6 is 0 Å². The predicted octanol–water partition coefficient (Wildman–Crippen LogP) is 2.03. The van der Waals surface area contributed by atoms with Crippen LogP contribution in [0.3, 0.4) is 0 Å². The maximum absolute atomic E-state index is 12.6. The number of carbonyl (C=O) groups excluding carboxylic acids is 1. The van der Waals surface area contributed by atoms with Crippen molar-refractivity contribution in [1.82, 2.24) is 5.32 Å². The van der Waals surface area contributed by atoms with E-state index >= 15 is 0 Å². The Bertz CT molecular complexity index is 562. The molecule has 0 bridgehead atoms. The zero-order valence-corrected chi connectivity index (χ0v) is 13.8. The highest BCUT2D eigenvalue weighted by Crippen LogP contribution is 2.38. The molecule has 0 aliphatic rings. The summed E-state index contributed by atoms with van der Waals surface area (Å²) >= 11 is 0. The quantitative estimate of drug-likeness (QED) is 0.786. The zero-order valence-electron chi connectivity index (χ0n) is 13.8. The number of aliphatic hydroxyl groups is 1. The van der Waals surface area contributed by atoms with Gasteiger partial charge in [-0.3, -0.25) is 4.79 Å². The minimum atomic E-state index is -4.89. The third-order valence-electron chi connectivity index (χ3n) is 3.33. The van der Waals surface area contributed by atoms with Gasteiger partial charge < -0.3 is 24.6 Å². The maximum Gasteiger partial charge on any atom is 0.417 e. The highest BCUT2D eigenvalue weighted by atomic mass is 19.4. The van der Waals surface area contributed by atoms with E-state index in [-0.39, 0.29) is 6.54 Å². The molecule has 1 atom stereocenters. The van der Waals surface area contributed by atoms with Crippen LogP contribution in [0.15, 0.2) is 12.1 Å². The number of carbonyl (C=O) groups is 1. The average molecular weight is 351 g/mol. The third kappa shape index (κ3) is 4.67. The molecule has 6 nitrogen and oxygen atoms in total. The first-order valence-electron chi connectivity index (χ1n) is 6.90. The van der Waals surface area contributed by atoms with Crippen molar-refractivity contribution in [3.63, 3.8) is 0 Å². The van der Waals surface area contributed by atoms with E-state index in [4.69, 9.17) is 14.2 Å². The molecular weight excluding hydrogens is 331 g/mol. The van der Waals surface area contributed by atoms with Gasteiger partial charge in [0.25, 0.3) is 0 Å². The molecule has 0 spiro atoms. The molecule has 1 aromatic carbocycles. The van der Waals surface area contributed by atoms with E-state index in [0.717, 1.165) is 0 Å². The Kier molecular flexibility index (Phi) is 6.30. The lowest BCUT2D eigenvalue weighted by Gasteiger charge is -2.25. The number of nitrogens with one attached hydrogen (secondary N) is 1. The molecule has 2 N–H and O–H groups in total. The minimum Gasteiger partial charge on any atom is -0.493 e. The molecule has 1 rings (SSSR count). The Morgan fingerprint density at radius 1 is 1.12 bits per heavy atom. The normalized spacial score (nSPS) is 13.8.